The number of ether oxygens (including phenoxy) is 3. The van der Waals surface area contributed by atoms with Crippen molar-refractivity contribution in [3.63, 3.8) is 0 Å². The van der Waals surface area contributed by atoms with Crippen LogP contribution in [0.5, 0.6) is 17.2 Å². The zero-order chi connectivity index (χ0) is 36.3. The molecule has 0 atom stereocenters. The van der Waals surface area contributed by atoms with Crippen LogP contribution in [0.25, 0.3) is 14.5 Å². The molecule has 284 valence electrons. The smallest absolute Gasteiger partial charge is 0.410 e. The highest BCUT2D eigenvalue weighted by atomic mass is 79.9. The zero-order valence-corrected chi connectivity index (χ0v) is 31.6. The SMILES string of the molecule is C.C.C.[C-]#[N+]c1ccc(O)c(Br)c1.[C-]#[N+]c1ccc(OCC2=CCN(C(=O)OC(C)(C)C)CC2)c(Br)c1.[C-]#[N+]c1ccc2c(c1)C1(CCCCC1)CO2. The van der Waals surface area contributed by atoms with E-state index in [1.165, 1.54) is 43.7 Å². The largest absolute Gasteiger partial charge is 0.507 e. The third kappa shape index (κ3) is 13.1. The first kappa shape index (κ1) is 46.5. The monoisotopic (exact) mass is 850 g/mol. The molecule has 3 aliphatic rings. The molecule has 3 aromatic rings. The van der Waals surface area contributed by atoms with Gasteiger partial charge >= 0.3 is 6.09 Å². The number of benzene rings is 3. The third-order valence-corrected chi connectivity index (χ3v) is 9.71. The van der Waals surface area contributed by atoms with Gasteiger partial charge in [-0.05, 0) is 119 Å². The molecule has 1 amide bonds. The minimum absolute atomic E-state index is 0. The minimum Gasteiger partial charge on any atom is -0.507 e. The predicted octanol–water partition coefficient (Wildman–Crippen LogP) is 13.4. The lowest BCUT2D eigenvalue weighted by Gasteiger charge is -2.32. The Morgan fingerprint density at radius 3 is 2.02 bits per heavy atom. The second-order valence-corrected chi connectivity index (χ2v) is 14.9. The Bertz CT molecular complexity index is 1840. The molecule has 1 saturated carbocycles. The highest BCUT2D eigenvalue weighted by molar-refractivity contribution is 9.11. The number of phenolic OH excluding ortho intramolecular Hbond substituents is 1. The van der Waals surface area contributed by atoms with Gasteiger partial charge in [-0.1, -0.05) is 65.8 Å². The van der Waals surface area contributed by atoms with Gasteiger partial charge in [-0.15, -0.1) is 0 Å². The van der Waals surface area contributed by atoms with Gasteiger partial charge in [0.25, 0.3) is 0 Å². The van der Waals surface area contributed by atoms with Crippen LogP contribution in [-0.2, 0) is 10.2 Å². The number of fused-ring (bicyclic) bond motifs is 2. The fourth-order valence-electron chi connectivity index (χ4n) is 5.81. The summed E-state index contributed by atoms with van der Waals surface area (Å²) in [6.07, 6.45) is 8.88. The van der Waals surface area contributed by atoms with Crippen molar-refractivity contribution in [3.8, 4) is 17.2 Å². The number of hydrogen-bond acceptors (Lipinski definition) is 5. The maximum absolute atomic E-state index is 12.0. The number of hydrogen-bond donors (Lipinski definition) is 1. The molecule has 0 unspecified atom stereocenters. The van der Waals surface area contributed by atoms with Gasteiger partial charge in [-0.3, -0.25) is 0 Å². The first-order chi connectivity index (χ1) is 23.9. The van der Waals surface area contributed by atoms with Crippen LogP contribution >= 0.6 is 31.9 Å². The first-order valence-electron chi connectivity index (χ1n) is 16.3. The van der Waals surface area contributed by atoms with Crippen LogP contribution in [0.15, 0.2) is 75.2 Å². The van der Waals surface area contributed by atoms with Crippen LogP contribution in [0.2, 0.25) is 0 Å². The fourth-order valence-corrected chi connectivity index (χ4v) is 6.66. The summed E-state index contributed by atoms with van der Waals surface area (Å²) in [6.45, 7) is 28.8. The Balaban J connectivity index is 0.000000419. The number of nitrogens with zero attached hydrogens (tertiary/aromatic N) is 4. The quantitative estimate of drug-likeness (QED) is 0.210. The van der Waals surface area contributed by atoms with Gasteiger partial charge in [0.1, 0.15) is 29.5 Å². The van der Waals surface area contributed by atoms with E-state index in [-0.39, 0.29) is 39.5 Å². The molecule has 1 spiro atoms. The Morgan fingerprint density at radius 2 is 1.47 bits per heavy atom. The molecule has 9 nitrogen and oxygen atoms in total. The lowest BCUT2D eigenvalue weighted by molar-refractivity contribution is 0.0264. The number of phenols is 1. The predicted molar refractivity (Wildman–Crippen MR) is 222 cm³/mol. The van der Waals surface area contributed by atoms with Crippen LogP contribution in [0.3, 0.4) is 0 Å². The first-order valence-corrected chi connectivity index (χ1v) is 17.9. The molecular formula is C42H52Br2N4O5. The van der Waals surface area contributed by atoms with E-state index in [0.29, 0.717) is 41.3 Å². The Morgan fingerprint density at radius 1 is 0.887 bits per heavy atom. The van der Waals surface area contributed by atoms with Crippen molar-refractivity contribution in [3.05, 3.63) is 115 Å². The van der Waals surface area contributed by atoms with Crippen LogP contribution in [0.4, 0.5) is 21.9 Å². The Kier molecular flexibility index (Phi) is 18.7. The summed E-state index contributed by atoms with van der Waals surface area (Å²) >= 11 is 6.51. The van der Waals surface area contributed by atoms with Crippen molar-refractivity contribution in [2.75, 3.05) is 26.3 Å². The topological polar surface area (TPSA) is 81.3 Å². The number of halogens is 2. The van der Waals surface area contributed by atoms with E-state index in [0.717, 1.165) is 34.5 Å². The molecule has 0 saturated heterocycles. The van der Waals surface area contributed by atoms with Gasteiger partial charge in [-0.2, -0.15) is 0 Å². The highest BCUT2D eigenvalue weighted by Crippen LogP contribution is 2.48. The van der Waals surface area contributed by atoms with Crippen LogP contribution < -0.4 is 9.47 Å². The fraction of sp³-hybridized carbons (Fsp3) is 0.429. The van der Waals surface area contributed by atoms with Crippen molar-refractivity contribution in [1.29, 1.82) is 0 Å². The van der Waals surface area contributed by atoms with Gasteiger partial charge in [0, 0.05) is 27.4 Å². The molecule has 2 heterocycles. The van der Waals surface area contributed by atoms with Gasteiger partial charge < -0.3 is 24.2 Å². The van der Waals surface area contributed by atoms with Crippen molar-refractivity contribution in [2.45, 2.75) is 92.6 Å². The molecule has 1 aliphatic carbocycles. The summed E-state index contributed by atoms with van der Waals surface area (Å²) in [4.78, 5) is 23.8. The maximum Gasteiger partial charge on any atom is 0.410 e. The average molecular weight is 853 g/mol. The molecule has 3 aromatic carbocycles. The molecule has 0 radical (unpaired) electrons. The lowest BCUT2D eigenvalue weighted by Crippen LogP contribution is -2.39. The van der Waals surface area contributed by atoms with E-state index < -0.39 is 5.60 Å². The number of amides is 1. The lowest BCUT2D eigenvalue weighted by atomic mass is 9.71. The van der Waals surface area contributed by atoms with E-state index in [9.17, 15) is 4.79 Å². The van der Waals surface area contributed by atoms with Crippen LogP contribution in [0.1, 0.15) is 87.1 Å². The molecular weight excluding hydrogens is 800 g/mol. The van der Waals surface area contributed by atoms with E-state index in [1.54, 1.807) is 35.2 Å². The molecule has 2 aliphatic heterocycles. The van der Waals surface area contributed by atoms with Gasteiger partial charge in [0.05, 0.1) is 26.3 Å². The van der Waals surface area contributed by atoms with Gasteiger partial charge in [0.2, 0.25) is 0 Å². The Hall–Kier alpha value is -4.50. The summed E-state index contributed by atoms with van der Waals surface area (Å²) in [5.41, 5.74) is 4.03. The second-order valence-electron chi connectivity index (χ2n) is 13.2. The number of carbonyl (C=O) groups is 1. The molecule has 0 aromatic heterocycles. The van der Waals surface area contributed by atoms with Crippen molar-refractivity contribution in [1.82, 2.24) is 4.90 Å². The van der Waals surface area contributed by atoms with Crippen LogP contribution in [-0.4, -0.2) is 48.0 Å². The van der Waals surface area contributed by atoms with E-state index >= 15 is 0 Å². The van der Waals surface area contributed by atoms with Crippen molar-refractivity contribution in [2.24, 2.45) is 0 Å². The van der Waals surface area contributed by atoms with E-state index in [2.05, 4.69) is 46.4 Å². The van der Waals surface area contributed by atoms with Crippen LogP contribution in [0, 0.1) is 19.7 Å². The summed E-state index contributed by atoms with van der Waals surface area (Å²) in [7, 11) is 0. The Labute approximate surface area is 333 Å². The summed E-state index contributed by atoms with van der Waals surface area (Å²) in [5.74, 6) is 1.87. The molecule has 53 heavy (non-hydrogen) atoms. The van der Waals surface area contributed by atoms with Gasteiger partial charge in [0.15, 0.2) is 17.1 Å². The molecule has 1 N–H and O–H groups in total. The third-order valence-electron chi connectivity index (χ3n) is 8.45. The zero-order valence-electron chi connectivity index (χ0n) is 28.5. The minimum atomic E-state index is -0.478. The van der Waals surface area contributed by atoms with Crippen molar-refractivity contribution >= 4 is 55.0 Å². The van der Waals surface area contributed by atoms with Gasteiger partial charge in [-0.25, -0.2) is 19.3 Å². The number of aromatic hydroxyl groups is 1. The maximum atomic E-state index is 12.0. The van der Waals surface area contributed by atoms with Crippen molar-refractivity contribution < 1.29 is 24.1 Å². The highest BCUT2D eigenvalue weighted by Gasteiger charge is 2.41. The number of rotatable bonds is 3. The second kappa shape index (κ2) is 21.3. The average Bonchev–Trinajstić information content (AvgIpc) is 3.45. The molecule has 6 rings (SSSR count). The normalized spacial score (nSPS) is 14.7. The van der Waals surface area contributed by atoms with E-state index in [1.807, 2.05) is 45.0 Å². The standard InChI is InChI=1S/C18H21BrN2O3.C14H15NO.C7H4BrNO.3CH4/c1-18(2,3)24-17(22)21-9-7-13(8-10-21)12-23-16-6-5-14(20-4)11-15(16)19;1-15-11-5-6-13-12(9-11)14(10-16-13)7-3-2-4-8-14;1-9-5-2-3-7(10)6(8)4-5;;;/h5-7,11H,8-10,12H2,1-3H3;5-6,9H,2-4,7-8,10H2;2-4,10H;3*1H4. The molecule has 0 bridgehead atoms. The summed E-state index contributed by atoms with van der Waals surface area (Å²) in [5, 5.41) is 8.99. The number of carbonyl (C=O) groups excluding carboxylic acids is 1. The summed E-state index contributed by atoms with van der Waals surface area (Å²) < 4.78 is 18.3. The summed E-state index contributed by atoms with van der Waals surface area (Å²) in [6, 6.07) is 15.7. The molecule has 1 fully saturated rings. The molecule has 11 heteroatoms. The van der Waals surface area contributed by atoms with E-state index in [4.69, 9.17) is 39.0 Å².